The smallest absolute Gasteiger partial charge is 0.262 e. The van der Waals surface area contributed by atoms with Crippen molar-refractivity contribution in [1.82, 2.24) is 0 Å². The molecule has 0 fully saturated rings. The zero-order chi connectivity index (χ0) is 19.1. The largest absolute Gasteiger partial charge is 1.00 e. The molecular formula is C24H31IN2S. The average Bonchev–Trinajstić information content (AvgIpc) is 3.04. The van der Waals surface area contributed by atoms with E-state index in [1.807, 2.05) is 11.3 Å². The molecule has 0 spiro atoms. The maximum atomic E-state index is 2.50. The Kier molecular flexibility index (Phi) is 9.45. The van der Waals surface area contributed by atoms with Gasteiger partial charge in [-0.3, -0.25) is 0 Å². The minimum absolute atomic E-state index is 0. The van der Waals surface area contributed by atoms with Gasteiger partial charge in [0.05, 0.1) is 0 Å². The quantitative estimate of drug-likeness (QED) is 0.245. The lowest BCUT2D eigenvalue weighted by Gasteiger charge is -2.11. The van der Waals surface area contributed by atoms with Gasteiger partial charge in [-0.2, -0.15) is 4.57 Å². The number of para-hydroxylation sites is 1. The average molecular weight is 506 g/mol. The van der Waals surface area contributed by atoms with Crippen LogP contribution in [0, 0.1) is 0 Å². The molecule has 3 aromatic rings. The fourth-order valence-corrected chi connectivity index (χ4v) is 4.42. The molecule has 2 nitrogen and oxygen atoms in total. The zero-order valence-corrected chi connectivity index (χ0v) is 20.2. The number of fused-ring (bicyclic) bond motifs is 1. The van der Waals surface area contributed by atoms with E-state index in [9.17, 15) is 0 Å². The maximum absolute atomic E-state index is 2.50. The highest BCUT2D eigenvalue weighted by Crippen LogP contribution is 2.23. The zero-order valence-electron chi connectivity index (χ0n) is 17.2. The molecule has 0 N–H and O–H groups in total. The lowest BCUT2D eigenvalue weighted by molar-refractivity contribution is -0.669. The van der Waals surface area contributed by atoms with Gasteiger partial charge in [-0.05, 0) is 36.3 Å². The Morgan fingerprint density at radius 3 is 2.32 bits per heavy atom. The number of aryl methyl sites for hydroxylation is 1. The fourth-order valence-electron chi connectivity index (χ4n) is 3.33. The first-order valence-electron chi connectivity index (χ1n) is 10.1. The molecule has 0 amide bonds. The summed E-state index contributed by atoms with van der Waals surface area (Å²) in [7, 11) is 4.15. The normalized spacial score (nSPS) is 11.1. The second kappa shape index (κ2) is 11.6. The van der Waals surface area contributed by atoms with E-state index in [2.05, 4.69) is 91.2 Å². The molecule has 0 aliphatic rings. The van der Waals surface area contributed by atoms with E-state index in [1.165, 1.54) is 58.6 Å². The molecule has 3 rings (SSSR count). The van der Waals surface area contributed by atoms with Crippen LogP contribution in [0.1, 0.15) is 49.6 Å². The van der Waals surface area contributed by atoms with Gasteiger partial charge < -0.3 is 28.9 Å². The van der Waals surface area contributed by atoms with Crippen LogP contribution < -0.4 is 33.4 Å². The standard InChI is InChI=1S/C24H31N2S.HI/c1-4-5-6-7-10-19-26-22-11-8-9-12-23(22)27-24(26)18-15-20-13-16-21(17-14-20)25(2)3;/h8-9,11-18H,4-7,10,19H2,1-3H3;1H/q+1;/p-1. The summed E-state index contributed by atoms with van der Waals surface area (Å²) in [5, 5.41) is 1.34. The Morgan fingerprint density at radius 1 is 0.893 bits per heavy atom. The summed E-state index contributed by atoms with van der Waals surface area (Å²) in [6, 6.07) is 17.5. The maximum Gasteiger partial charge on any atom is 0.262 e. The number of rotatable bonds is 9. The number of nitrogens with zero attached hydrogens (tertiary/aromatic N) is 2. The van der Waals surface area contributed by atoms with Crippen LogP contribution in [0.25, 0.3) is 22.4 Å². The third-order valence-corrected chi connectivity index (χ3v) is 6.08. The number of benzene rings is 2. The van der Waals surface area contributed by atoms with E-state index >= 15 is 0 Å². The number of halogens is 1. The molecule has 0 unspecified atom stereocenters. The van der Waals surface area contributed by atoms with E-state index in [0.717, 1.165) is 6.54 Å². The van der Waals surface area contributed by atoms with Crippen molar-refractivity contribution in [1.29, 1.82) is 0 Å². The molecule has 0 saturated carbocycles. The van der Waals surface area contributed by atoms with E-state index in [-0.39, 0.29) is 24.0 Å². The molecule has 0 bridgehead atoms. The van der Waals surface area contributed by atoms with Gasteiger partial charge in [0.1, 0.15) is 4.70 Å². The first-order valence-corrected chi connectivity index (χ1v) is 10.9. The third-order valence-electron chi connectivity index (χ3n) is 4.95. The summed E-state index contributed by atoms with van der Waals surface area (Å²) in [4.78, 5) is 2.13. The molecule has 0 aliphatic heterocycles. The van der Waals surface area contributed by atoms with Crippen molar-refractivity contribution in [3.63, 3.8) is 0 Å². The summed E-state index contributed by atoms with van der Waals surface area (Å²) in [6.45, 7) is 3.38. The highest BCUT2D eigenvalue weighted by molar-refractivity contribution is 7.18. The summed E-state index contributed by atoms with van der Waals surface area (Å²) < 4.78 is 3.87. The molecular weight excluding hydrogens is 475 g/mol. The number of hydrogen-bond donors (Lipinski definition) is 0. The lowest BCUT2D eigenvalue weighted by Crippen LogP contribution is -3.00. The van der Waals surface area contributed by atoms with Crippen molar-refractivity contribution in [3.8, 4) is 0 Å². The summed E-state index contributed by atoms with van der Waals surface area (Å²) >= 11 is 1.89. The molecule has 0 aliphatic carbocycles. The molecule has 0 radical (unpaired) electrons. The van der Waals surface area contributed by atoms with E-state index < -0.39 is 0 Å². The van der Waals surface area contributed by atoms with Crippen molar-refractivity contribution in [2.45, 2.75) is 45.6 Å². The molecule has 150 valence electrons. The molecule has 0 atom stereocenters. The Hall–Kier alpha value is -1.40. The minimum atomic E-state index is 0. The van der Waals surface area contributed by atoms with Crippen LogP contribution in [0.3, 0.4) is 0 Å². The molecule has 1 heterocycles. The van der Waals surface area contributed by atoms with E-state index in [1.54, 1.807) is 0 Å². The first kappa shape index (κ1) is 22.9. The number of anilines is 1. The van der Waals surface area contributed by atoms with Crippen LogP contribution in [0.2, 0.25) is 0 Å². The SMILES string of the molecule is CCCCCCC[n+]1c(/C=C/c2ccc(N(C)C)cc2)sc2ccccc21.[I-]. The monoisotopic (exact) mass is 506 g/mol. The summed E-state index contributed by atoms with van der Waals surface area (Å²) in [5.41, 5.74) is 3.84. The van der Waals surface area contributed by atoms with Crippen LogP contribution >= 0.6 is 11.3 Å². The summed E-state index contributed by atoms with van der Waals surface area (Å²) in [5.74, 6) is 0. The molecule has 0 saturated heterocycles. The van der Waals surface area contributed by atoms with Gasteiger partial charge in [0.25, 0.3) is 5.01 Å². The van der Waals surface area contributed by atoms with Gasteiger partial charge in [0.2, 0.25) is 5.52 Å². The van der Waals surface area contributed by atoms with Crippen LogP contribution in [-0.2, 0) is 6.54 Å². The number of unbranched alkanes of at least 4 members (excludes halogenated alkanes) is 4. The van der Waals surface area contributed by atoms with Gasteiger partial charge >= 0.3 is 0 Å². The van der Waals surface area contributed by atoms with Crippen LogP contribution in [0.5, 0.6) is 0 Å². The highest BCUT2D eigenvalue weighted by Gasteiger charge is 2.17. The molecule has 2 aromatic carbocycles. The topological polar surface area (TPSA) is 7.12 Å². The Labute approximate surface area is 190 Å². The van der Waals surface area contributed by atoms with E-state index in [0.29, 0.717) is 0 Å². The molecule has 1 aromatic heterocycles. The van der Waals surface area contributed by atoms with Gasteiger partial charge in [0.15, 0.2) is 6.54 Å². The first-order chi connectivity index (χ1) is 13.2. The Morgan fingerprint density at radius 2 is 1.61 bits per heavy atom. The Balaban J connectivity index is 0.00000280. The predicted octanol–water partition coefficient (Wildman–Crippen LogP) is 3.40. The summed E-state index contributed by atoms with van der Waals surface area (Å²) in [6.07, 6.45) is 11.1. The fraction of sp³-hybridized carbons (Fsp3) is 0.375. The van der Waals surface area contributed by atoms with Crippen LogP contribution in [-0.4, -0.2) is 14.1 Å². The molecule has 28 heavy (non-hydrogen) atoms. The van der Waals surface area contributed by atoms with Crippen molar-refractivity contribution in [2.75, 3.05) is 19.0 Å². The molecule has 4 heteroatoms. The van der Waals surface area contributed by atoms with Gasteiger partial charge in [-0.1, -0.05) is 61.8 Å². The van der Waals surface area contributed by atoms with Crippen LogP contribution in [0.4, 0.5) is 5.69 Å². The van der Waals surface area contributed by atoms with Gasteiger partial charge in [-0.15, -0.1) is 0 Å². The van der Waals surface area contributed by atoms with E-state index in [4.69, 9.17) is 0 Å². The number of aromatic nitrogens is 1. The third kappa shape index (κ3) is 6.05. The predicted molar refractivity (Wildman–Crippen MR) is 120 cm³/mol. The van der Waals surface area contributed by atoms with Crippen molar-refractivity contribution in [2.24, 2.45) is 0 Å². The van der Waals surface area contributed by atoms with Gasteiger partial charge in [-0.25, -0.2) is 0 Å². The van der Waals surface area contributed by atoms with Crippen molar-refractivity contribution in [3.05, 3.63) is 59.1 Å². The number of thiazole rings is 1. The lowest BCUT2D eigenvalue weighted by atomic mass is 10.1. The van der Waals surface area contributed by atoms with Gasteiger partial charge in [0, 0.05) is 38.3 Å². The highest BCUT2D eigenvalue weighted by atomic mass is 127. The van der Waals surface area contributed by atoms with Crippen molar-refractivity contribution < 1.29 is 28.5 Å². The number of hydrogen-bond acceptors (Lipinski definition) is 2. The second-order valence-corrected chi connectivity index (χ2v) is 8.36. The minimum Gasteiger partial charge on any atom is -1.00 e. The van der Waals surface area contributed by atoms with Crippen molar-refractivity contribution >= 4 is 39.4 Å². The van der Waals surface area contributed by atoms with Crippen LogP contribution in [0.15, 0.2) is 48.5 Å². The Bertz CT molecular complexity index is 881. The second-order valence-electron chi connectivity index (χ2n) is 7.29.